The number of carbonyl (C=O) groups is 1. The molecule has 1 N–H and O–H groups in total. The van der Waals surface area contributed by atoms with Crippen molar-refractivity contribution in [3.05, 3.63) is 18.0 Å². The molecule has 5 nitrogen and oxygen atoms in total. The van der Waals surface area contributed by atoms with E-state index in [-0.39, 0.29) is 6.54 Å². The first-order valence-corrected chi connectivity index (χ1v) is 5.08. The molecule has 1 aliphatic rings. The van der Waals surface area contributed by atoms with Crippen molar-refractivity contribution in [2.24, 2.45) is 7.05 Å². The van der Waals surface area contributed by atoms with Crippen LogP contribution < -0.4 is 0 Å². The Bertz CT molecular complexity index is 357. The highest BCUT2D eigenvalue weighted by Gasteiger charge is 2.30. The molecule has 2 rings (SSSR count). The van der Waals surface area contributed by atoms with Crippen molar-refractivity contribution < 1.29 is 9.90 Å². The number of aliphatic carboxylic acids is 1. The summed E-state index contributed by atoms with van der Waals surface area (Å²) in [6.07, 6.45) is 5.95. The van der Waals surface area contributed by atoms with Crippen LogP contribution in [0.4, 0.5) is 0 Å². The van der Waals surface area contributed by atoms with E-state index in [1.54, 1.807) is 10.9 Å². The molecule has 1 aromatic rings. The molecule has 0 amide bonds. The Kier molecular flexibility index (Phi) is 2.73. The molecule has 15 heavy (non-hydrogen) atoms. The third-order valence-corrected chi connectivity index (χ3v) is 2.55. The second kappa shape index (κ2) is 4.02. The fourth-order valence-electron chi connectivity index (χ4n) is 1.72. The molecule has 1 saturated carbocycles. The van der Waals surface area contributed by atoms with E-state index in [2.05, 4.69) is 5.10 Å². The average molecular weight is 209 g/mol. The molecule has 0 atom stereocenters. The molecule has 0 spiro atoms. The van der Waals surface area contributed by atoms with E-state index < -0.39 is 5.97 Å². The SMILES string of the molecule is Cn1cc(CN(CC(=O)O)C2CC2)cn1. The van der Waals surface area contributed by atoms with Crippen LogP contribution in [-0.2, 0) is 18.4 Å². The van der Waals surface area contributed by atoms with Gasteiger partial charge in [-0.25, -0.2) is 0 Å². The van der Waals surface area contributed by atoms with Crippen LogP contribution in [-0.4, -0.2) is 38.3 Å². The van der Waals surface area contributed by atoms with Crippen molar-refractivity contribution >= 4 is 5.97 Å². The Hall–Kier alpha value is -1.36. The number of nitrogens with zero attached hydrogens (tertiary/aromatic N) is 3. The summed E-state index contributed by atoms with van der Waals surface area (Å²) in [5.41, 5.74) is 1.07. The lowest BCUT2D eigenvalue weighted by atomic mass is 10.3. The van der Waals surface area contributed by atoms with Crippen molar-refractivity contribution in [1.29, 1.82) is 0 Å². The Labute approximate surface area is 88.3 Å². The van der Waals surface area contributed by atoms with Gasteiger partial charge in [-0.15, -0.1) is 0 Å². The number of carboxylic acids is 1. The zero-order chi connectivity index (χ0) is 10.8. The standard InChI is InChI=1S/C10H15N3O2/c1-12-5-8(4-11-12)6-13(7-10(14)15)9-2-3-9/h4-5,9H,2-3,6-7H2,1H3,(H,14,15). The van der Waals surface area contributed by atoms with Crippen LogP contribution in [0.5, 0.6) is 0 Å². The van der Waals surface area contributed by atoms with E-state index in [1.165, 1.54) is 0 Å². The van der Waals surface area contributed by atoms with E-state index in [0.717, 1.165) is 18.4 Å². The first kappa shape index (κ1) is 10.2. The molecule has 1 fully saturated rings. The highest BCUT2D eigenvalue weighted by molar-refractivity contribution is 5.69. The second-order valence-electron chi connectivity index (χ2n) is 4.05. The van der Waals surface area contributed by atoms with Gasteiger partial charge < -0.3 is 5.11 Å². The van der Waals surface area contributed by atoms with E-state index in [4.69, 9.17) is 5.11 Å². The maximum absolute atomic E-state index is 10.7. The fraction of sp³-hybridized carbons (Fsp3) is 0.600. The molecule has 0 unspecified atom stereocenters. The molecule has 1 heterocycles. The van der Waals surface area contributed by atoms with Gasteiger partial charge in [-0.2, -0.15) is 5.10 Å². The lowest BCUT2D eigenvalue weighted by Crippen LogP contribution is -2.31. The third kappa shape index (κ3) is 2.79. The summed E-state index contributed by atoms with van der Waals surface area (Å²) < 4.78 is 1.74. The van der Waals surface area contributed by atoms with Crippen molar-refractivity contribution in [2.45, 2.75) is 25.4 Å². The van der Waals surface area contributed by atoms with E-state index in [0.29, 0.717) is 12.6 Å². The van der Waals surface area contributed by atoms with E-state index >= 15 is 0 Å². The van der Waals surface area contributed by atoms with Crippen LogP contribution in [0.1, 0.15) is 18.4 Å². The zero-order valence-corrected chi connectivity index (χ0v) is 8.76. The molecular formula is C10H15N3O2. The number of rotatable bonds is 5. The zero-order valence-electron chi connectivity index (χ0n) is 8.76. The Morgan fingerprint density at radius 1 is 1.73 bits per heavy atom. The summed E-state index contributed by atoms with van der Waals surface area (Å²) in [7, 11) is 1.86. The molecular weight excluding hydrogens is 194 g/mol. The maximum Gasteiger partial charge on any atom is 0.317 e. The summed E-state index contributed by atoms with van der Waals surface area (Å²) in [4.78, 5) is 12.7. The number of hydrogen-bond acceptors (Lipinski definition) is 3. The first-order valence-electron chi connectivity index (χ1n) is 5.08. The van der Waals surface area contributed by atoms with E-state index in [1.807, 2.05) is 18.1 Å². The van der Waals surface area contributed by atoms with Gasteiger partial charge in [0.05, 0.1) is 12.7 Å². The summed E-state index contributed by atoms with van der Waals surface area (Å²) in [6.45, 7) is 0.810. The smallest absolute Gasteiger partial charge is 0.317 e. The van der Waals surface area contributed by atoms with Crippen LogP contribution in [0.2, 0.25) is 0 Å². The van der Waals surface area contributed by atoms with Crippen molar-refractivity contribution in [2.75, 3.05) is 6.54 Å². The predicted molar refractivity (Wildman–Crippen MR) is 54.3 cm³/mol. The lowest BCUT2D eigenvalue weighted by Gasteiger charge is -2.18. The van der Waals surface area contributed by atoms with Crippen LogP contribution in [0.3, 0.4) is 0 Å². The van der Waals surface area contributed by atoms with Crippen LogP contribution in [0.25, 0.3) is 0 Å². The molecule has 82 valence electrons. The molecule has 0 aromatic carbocycles. The maximum atomic E-state index is 10.7. The van der Waals surface area contributed by atoms with Gasteiger partial charge in [0.15, 0.2) is 0 Å². The molecule has 0 saturated heterocycles. The molecule has 5 heteroatoms. The minimum absolute atomic E-state index is 0.125. The monoisotopic (exact) mass is 209 g/mol. The Morgan fingerprint density at radius 2 is 2.47 bits per heavy atom. The quantitative estimate of drug-likeness (QED) is 0.765. The highest BCUT2D eigenvalue weighted by Crippen LogP contribution is 2.27. The number of aromatic nitrogens is 2. The van der Waals surface area contributed by atoms with Gasteiger partial charge in [0.25, 0.3) is 0 Å². The predicted octanol–water partition coefficient (Wildman–Crippen LogP) is 0.469. The normalized spacial score (nSPS) is 15.9. The van der Waals surface area contributed by atoms with Crippen LogP contribution in [0, 0.1) is 0 Å². The molecule has 1 aliphatic carbocycles. The minimum atomic E-state index is -0.759. The third-order valence-electron chi connectivity index (χ3n) is 2.55. The van der Waals surface area contributed by atoms with Crippen molar-refractivity contribution in [3.8, 4) is 0 Å². The number of aryl methyl sites for hydroxylation is 1. The summed E-state index contributed by atoms with van der Waals surface area (Å²) >= 11 is 0. The topological polar surface area (TPSA) is 58.4 Å². The Balaban J connectivity index is 1.96. The van der Waals surface area contributed by atoms with Crippen molar-refractivity contribution in [3.63, 3.8) is 0 Å². The lowest BCUT2D eigenvalue weighted by molar-refractivity contribution is -0.138. The van der Waals surface area contributed by atoms with Gasteiger partial charge in [-0.1, -0.05) is 0 Å². The molecule has 0 bridgehead atoms. The van der Waals surface area contributed by atoms with Gasteiger partial charge in [0, 0.05) is 31.4 Å². The van der Waals surface area contributed by atoms with Gasteiger partial charge in [0.2, 0.25) is 0 Å². The van der Waals surface area contributed by atoms with Crippen molar-refractivity contribution in [1.82, 2.24) is 14.7 Å². The van der Waals surface area contributed by atoms with E-state index in [9.17, 15) is 4.79 Å². The molecule has 0 radical (unpaired) electrons. The minimum Gasteiger partial charge on any atom is -0.480 e. The average Bonchev–Trinajstić information content (AvgIpc) is 2.90. The molecule has 0 aliphatic heterocycles. The van der Waals surface area contributed by atoms with Crippen LogP contribution in [0.15, 0.2) is 12.4 Å². The number of carboxylic acid groups (broad SMARTS) is 1. The fourth-order valence-corrected chi connectivity index (χ4v) is 1.72. The molecule has 1 aromatic heterocycles. The van der Waals surface area contributed by atoms with Gasteiger partial charge in [-0.05, 0) is 12.8 Å². The van der Waals surface area contributed by atoms with Crippen LogP contribution >= 0.6 is 0 Å². The summed E-state index contributed by atoms with van der Waals surface area (Å²) in [5.74, 6) is -0.759. The summed E-state index contributed by atoms with van der Waals surface area (Å²) in [5, 5.41) is 12.9. The number of hydrogen-bond donors (Lipinski definition) is 1. The Morgan fingerprint density at radius 3 is 2.93 bits per heavy atom. The summed E-state index contributed by atoms with van der Waals surface area (Å²) in [6, 6.07) is 0.460. The highest BCUT2D eigenvalue weighted by atomic mass is 16.4. The van der Waals surface area contributed by atoms with Gasteiger partial charge in [-0.3, -0.25) is 14.4 Å². The second-order valence-corrected chi connectivity index (χ2v) is 4.05. The van der Waals surface area contributed by atoms with Gasteiger partial charge >= 0.3 is 5.97 Å². The largest absolute Gasteiger partial charge is 0.480 e. The first-order chi connectivity index (χ1) is 7.15. The van der Waals surface area contributed by atoms with Gasteiger partial charge in [0.1, 0.15) is 0 Å².